The van der Waals surface area contributed by atoms with Gasteiger partial charge in [0.15, 0.2) is 0 Å². The zero-order chi connectivity index (χ0) is 14.9. The van der Waals surface area contributed by atoms with Gasteiger partial charge in [0.1, 0.15) is 0 Å². The third-order valence-corrected chi connectivity index (χ3v) is 3.58. The van der Waals surface area contributed by atoms with Crippen molar-refractivity contribution in [2.75, 3.05) is 7.05 Å². The zero-order valence-electron chi connectivity index (χ0n) is 10.9. The van der Waals surface area contributed by atoms with Gasteiger partial charge in [-0.2, -0.15) is 0 Å². The van der Waals surface area contributed by atoms with Crippen molar-refractivity contribution in [2.24, 2.45) is 0 Å². The minimum absolute atomic E-state index is 0.286. The van der Waals surface area contributed by atoms with Crippen molar-refractivity contribution >= 4 is 35.1 Å². The van der Waals surface area contributed by atoms with Crippen molar-refractivity contribution in [2.45, 2.75) is 13.0 Å². The number of likely N-dealkylation sites (N-methyl/N-ethyl adjacent to an activating group) is 1. The maximum Gasteiger partial charge on any atom is 0.319 e. The van der Waals surface area contributed by atoms with E-state index in [0.717, 1.165) is 0 Å². The lowest BCUT2D eigenvalue weighted by atomic mass is 9.95. The minimum atomic E-state index is -0.617. The average molecular weight is 314 g/mol. The molecule has 0 spiro atoms. The van der Waals surface area contributed by atoms with E-state index in [1.807, 2.05) is 0 Å². The fourth-order valence-electron chi connectivity index (χ4n) is 2.10. The molecule has 0 bridgehead atoms. The number of halogens is 2. The predicted molar refractivity (Wildman–Crippen MR) is 77.6 cm³/mol. The summed E-state index contributed by atoms with van der Waals surface area (Å²) in [4.78, 5) is 23.7. The fraction of sp³-hybridized carbons (Fsp3) is 0.231. The number of allylic oxidation sites excluding steroid dienone is 1. The highest BCUT2D eigenvalue weighted by Gasteiger charge is 2.31. The van der Waals surface area contributed by atoms with Gasteiger partial charge in [0.2, 0.25) is 0 Å². The summed E-state index contributed by atoms with van der Waals surface area (Å²) in [7, 11) is 1.53. The van der Waals surface area contributed by atoms with E-state index in [4.69, 9.17) is 23.2 Å². The summed E-state index contributed by atoms with van der Waals surface area (Å²) in [6.07, 6.45) is 0. The van der Waals surface area contributed by atoms with Gasteiger partial charge in [0, 0.05) is 22.8 Å². The molecule has 0 aromatic heterocycles. The lowest BCUT2D eigenvalue weighted by Crippen LogP contribution is -2.46. The summed E-state index contributed by atoms with van der Waals surface area (Å²) < 4.78 is 0. The molecule has 0 saturated carbocycles. The summed E-state index contributed by atoms with van der Waals surface area (Å²) >= 11 is 12.0. The first-order chi connectivity index (χ1) is 9.43. The SMILES string of the molecule is CNC(=O)C1=C(C)NC(=O)NC1c1ccc(Cl)cc1Cl. The molecule has 1 aliphatic rings. The Kier molecular flexibility index (Phi) is 4.20. The Morgan fingerprint density at radius 3 is 2.65 bits per heavy atom. The second kappa shape index (κ2) is 5.73. The lowest BCUT2D eigenvalue weighted by molar-refractivity contribution is -0.117. The second-order valence-corrected chi connectivity index (χ2v) is 5.16. The second-order valence-electron chi connectivity index (χ2n) is 4.32. The van der Waals surface area contributed by atoms with Crippen LogP contribution in [-0.2, 0) is 4.79 Å². The molecule has 3 amide bonds. The Balaban J connectivity index is 2.54. The number of hydrogen-bond donors (Lipinski definition) is 3. The third kappa shape index (κ3) is 2.73. The maximum atomic E-state index is 12.0. The Hall–Kier alpha value is -1.72. The van der Waals surface area contributed by atoms with Crippen molar-refractivity contribution in [1.29, 1.82) is 0 Å². The number of amides is 3. The summed E-state index contributed by atoms with van der Waals surface area (Å²) in [5.74, 6) is -0.286. The van der Waals surface area contributed by atoms with Crippen molar-refractivity contribution in [1.82, 2.24) is 16.0 Å². The molecule has 5 nitrogen and oxygen atoms in total. The normalized spacial score (nSPS) is 18.4. The first kappa shape index (κ1) is 14.7. The van der Waals surface area contributed by atoms with Crippen LogP contribution in [0.5, 0.6) is 0 Å². The molecule has 0 aliphatic carbocycles. The molecule has 0 saturated heterocycles. The number of benzene rings is 1. The molecular weight excluding hydrogens is 301 g/mol. The molecule has 7 heteroatoms. The summed E-state index contributed by atoms with van der Waals surface area (Å²) in [6, 6.07) is 3.92. The van der Waals surface area contributed by atoms with Crippen molar-refractivity contribution in [3.05, 3.63) is 45.1 Å². The highest BCUT2D eigenvalue weighted by molar-refractivity contribution is 6.35. The van der Waals surface area contributed by atoms with Crippen molar-refractivity contribution in [3.63, 3.8) is 0 Å². The quantitative estimate of drug-likeness (QED) is 0.784. The molecule has 1 heterocycles. The predicted octanol–water partition coefficient (Wildman–Crippen LogP) is 2.37. The highest BCUT2D eigenvalue weighted by atomic mass is 35.5. The van der Waals surface area contributed by atoms with Crippen LogP contribution in [-0.4, -0.2) is 19.0 Å². The van der Waals surface area contributed by atoms with Crippen molar-refractivity contribution in [3.8, 4) is 0 Å². The van der Waals surface area contributed by atoms with Crippen LogP contribution < -0.4 is 16.0 Å². The molecule has 2 rings (SSSR count). The molecule has 106 valence electrons. The maximum absolute atomic E-state index is 12.0. The molecule has 1 aromatic carbocycles. The van der Waals surface area contributed by atoms with Gasteiger partial charge in [-0.05, 0) is 24.6 Å². The van der Waals surface area contributed by atoms with Gasteiger partial charge in [-0.25, -0.2) is 4.79 Å². The lowest BCUT2D eigenvalue weighted by Gasteiger charge is -2.28. The van der Waals surface area contributed by atoms with Crippen LogP contribution in [0.25, 0.3) is 0 Å². The molecular formula is C13H13Cl2N3O2. The van der Waals surface area contributed by atoms with E-state index >= 15 is 0 Å². The third-order valence-electron chi connectivity index (χ3n) is 3.01. The van der Waals surface area contributed by atoms with Gasteiger partial charge >= 0.3 is 6.03 Å². The molecule has 1 aliphatic heterocycles. The van der Waals surface area contributed by atoms with E-state index in [1.54, 1.807) is 25.1 Å². The number of carbonyl (C=O) groups excluding carboxylic acids is 2. The number of urea groups is 1. The Morgan fingerprint density at radius 1 is 1.35 bits per heavy atom. The topological polar surface area (TPSA) is 70.2 Å². The van der Waals surface area contributed by atoms with E-state index in [1.165, 1.54) is 7.05 Å². The van der Waals surface area contributed by atoms with E-state index in [2.05, 4.69) is 16.0 Å². The highest BCUT2D eigenvalue weighted by Crippen LogP contribution is 2.32. The van der Waals surface area contributed by atoms with E-state index < -0.39 is 6.04 Å². The first-order valence-electron chi connectivity index (χ1n) is 5.89. The zero-order valence-corrected chi connectivity index (χ0v) is 12.4. The molecule has 1 atom stereocenters. The minimum Gasteiger partial charge on any atom is -0.355 e. The van der Waals surface area contributed by atoms with Gasteiger partial charge in [-0.15, -0.1) is 0 Å². The Morgan fingerprint density at radius 2 is 2.05 bits per heavy atom. The van der Waals surface area contributed by atoms with Crippen molar-refractivity contribution < 1.29 is 9.59 Å². The van der Waals surface area contributed by atoms with Gasteiger partial charge in [0.25, 0.3) is 5.91 Å². The number of hydrogen-bond acceptors (Lipinski definition) is 2. The Bertz CT molecular complexity index is 614. The van der Waals surface area contributed by atoms with Crippen LogP contribution in [0.1, 0.15) is 18.5 Å². The first-order valence-corrected chi connectivity index (χ1v) is 6.65. The average Bonchev–Trinajstić information content (AvgIpc) is 2.37. The summed E-state index contributed by atoms with van der Waals surface area (Å²) in [5.41, 5.74) is 1.52. The molecule has 3 N–H and O–H groups in total. The Labute approximate surface area is 126 Å². The van der Waals surface area contributed by atoms with Gasteiger partial charge in [-0.3, -0.25) is 4.79 Å². The smallest absolute Gasteiger partial charge is 0.319 e. The monoisotopic (exact) mass is 313 g/mol. The molecule has 1 aromatic rings. The summed E-state index contributed by atoms with van der Waals surface area (Å²) in [5, 5.41) is 8.70. The van der Waals surface area contributed by atoms with Gasteiger partial charge in [0.05, 0.1) is 11.6 Å². The number of carbonyl (C=O) groups is 2. The molecule has 0 radical (unpaired) electrons. The number of rotatable bonds is 2. The molecule has 20 heavy (non-hydrogen) atoms. The number of nitrogens with one attached hydrogen (secondary N) is 3. The van der Waals surface area contributed by atoms with E-state index in [-0.39, 0.29) is 11.9 Å². The fourth-order valence-corrected chi connectivity index (χ4v) is 2.62. The van der Waals surface area contributed by atoms with Gasteiger partial charge < -0.3 is 16.0 Å². The van der Waals surface area contributed by atoms with Crippen LogP contribution in [0.15, 0.2) is 29.5 Å². The molecule has 0 fully saturated rings. The van der Waals surface area contributed by atoms with E-state index in [0.29, 0.717) is 26.9 Å². The van der Waals surface area contributed by atoms with Crippen LogP contribution in [0.2, 0.25) is 10.0 Å². The summed E-state index contributed by atoms with van der Waals surface area (Å²) in [6.45, 7) is 1.67. The molecule has 1 unspecified atom stereocenters. The standard InChI is InChI=1S/C13H13Cl2N3O2/c1-6-10(12(19)16-2)11(18-13(20)17-6)8-4-3-7(14)5-9(8)15/h3-5,11H,1-2H3,(H,16,19)(H2,17,18,20). The van der Waals surface area contributed by atoms with Crippen LogP contribution in [0.3, 0.4) is 0 Å². The van der Waals surface area contributed by atoms with Crippen LogP contribution in [0.4, 0.5) is 4.79 Å². The largest absolute Gasteiger partial charge is 0.355 e. The van der Waals surface area contributed by atoms with Gasteiger partial charge in [-0.1, -0.05) is 29.3 Å². The van der Waals surface area contributed by atoms with E-state index in [9.17, 15) is 9.59 Å². The van der Waals surface area contributed by atoms with Crippen LogP contribution >= 0.6 is 23.2 Å². The van der Waals surface area contributed by atoms with Crippen LogP contribution in [0, 0.1) is 0 Å².